The Balaban J connectivity index is 2.44. The fraction of sp³-hybridized carbons (Fsp3) is 0.125. The number of fused-ring (bicyclic) bond motifs is 1. The molecule has 118 valence electrons. The maximum atomic E-state index is 13.5. The van der Waals surface area contributed by atoms with Gasteiger partial charge in [-0.2, -0.15) is 0 Å². The molecule has 23 heavy (non-hydrogen) atoms. The van der Waals surface area contributed by atoms with Gasteiger partial charge in [-0.25, -0.2) is 18.2 Å². The van der Waals surface area contributed by atoms with Gasteiger partial charge in [0.1, 0.15) is 23.3 Å². The molecule has 0 unspecified atom stereocenters. The molecule has 0 bridgehead atoms. The molecule has 0 amide bonds. The maximum Gasteiger partial charge on any atom is 0.266 e. The second-order valence-corrected chi connectivity index (χ2v) is 5.19. The van der Waals surface area contributed by atoms with Crippen LogP contribution in [-0.2, 0) is 0 Å². The number of rotatable bonds is 2. The van der Waals surface area contributed by atoms with Crippen molar-refractivity contribution in [3.63, 3.8) is 0 Å². The Labute approximate surface area is 129 Å². The number of aromatic nitrogens is 2. The molecule has 1 aromatic heterocycles. The van der Waals surface area contributed by atoms with Gasteiger partial charge in [-0.05, 0) is 37.3 Å². The van der Waals surface area contributed by atoms with Crippen LogP contribution in [0.3, 0.4) is 0 Å². The summed E-state index contributed by atoms with van der Waals surface area (Å²) in [5.74, 6) is -2.18. The summed E-state index contributed by atoms with van der Waals surface area (Å²) in [4.78, 5) is 16.9. The molecular formula is C16H12F3N3O. The summed E-state index contributed by atoms with van der Waals surface area (Å²) >= 11 is 0. The lowest BCUT2D eigenvalue weighted by molar-refractivity contribution is 0.579. The number of benzene rings is 2. The monoisotopic (exact) mass is 319 g/mol. The van der Waals surface area contributed by atoms with Crippen LogP contribution in [0.4, 0.5) is 13.2 Å². The van der Waals surface area contributed by atoms with E-state index in [-0.39, 0.29) is 22.4 Å². The molecule has 7 heteroatoms. The molecular weight excluding hydrogens is 307 g/mol. The van der Waals surface area contributed by atoms with E-state index in [9.17, 15) is 18.0 Å². The van der Waals surface area contributed by atoms with Crippen molar-refractivity contribution in [1.29, 1.82) is 0 Å². The summed E-state index contributed by atoms with van der Waals surface area (Å²) in [5, 5.41) is -0.000862. The summed E-state index contributed by atoms with van der Waals surface area (Å²) in [6.45, 7) is 1.59. The van der Waals surface area contributed by atoms with E-state index in [1.165, 1.54) is 12.1 Å². The van der Waals surface area contributed by atoms with E-state index in [2.05, 4.69) is 4.98 Å². The molecule has 1 atom stereocenters. The lowest BCUT2D eigenvalue weighted by atomic mass is 10.2. The average molecular weight is 319 g/mol. The predicted octanol–water partition coefficient (Wildman–Crippen LogP) is 2.82. The first-order valence-corrected chi connectivity index (χ1v) is 6.81. The zero-order chi connectivity index (χ0) is 16.7. The van der Waals surface area contributed by atoms with Gasteiger partial charge in [-0.3, -0.25) is 9.36 Å². The third kappa shape index (κ3) is 2.70. The third-order valence-electron chi connectivity index (χ3n) is 3.37. The number of hydrogen-bond donors (Lipinski definition) is 1. The molecule has 0 spiro atoms. The highest BCUT2D eigenvalue weighted by atomic mass is 19.1. The Morgan fingerprint density at radius 1 is 1.04 bits per heavy atom. The molecule has 0 aliphatic carbocycles. The lowest BCUT2D eigenvalue weighted by Crippen LogP contribution is -2.27. The van der Waals surface area contributed by atoms with Gasteiger partial charge in [-0.15, -0.1) is 0 Å². The Morgan fingerprint density at radius 3 is 2.30 bits per heavy atom. The number of halogens is 3. The predicted molar refractivity (Wildman–Crippen MR) is 79.8 cm³/mol. The smallest absolute Gasteiger partial charge is 0.266 e. The SMILES string of the molecule is C[C@H](N)c1nc2ccc(F)cc2c(=O)n1-c1cc(F)cc(F)c1. The van der Waals surface area contributed by atoms with Crippen LogP contribution in [-0.4, -0.2) is 9.55 Å². The highest BCUT2D eigenvalue weighted by Crippen LogP contribution is 2.19. The van der Waals surface area contributed by atoms with Gasteiger partial charge in [0.2, 0.25) is 0 Å². The van der Waals surface area contributed by atoms with Crippen molar-refractivity contribution in [3.05, 3.63) is 70.0 Å². The number of nitrogens with zero attached hydrogens (tertiary/aromatic N) is 2. The minimum Gasteiger partial charge on any atom is -0.322 e. The van der Waals surface area contributed by atoms with Crippen LogP contribution in [0.5, 0.6) is 0 Å². The second-order valence-electron chi connectivity index (χ2n) is 5.19. The maximum absolute atomic E-state index is 13.5. The quantitative estimate of drug-likeness (QED) is 0.790. The molecule has 0 fully saturated rings. The first-order valence-electron chi connectivity index (χ1n) is 6.81. The normalized spacial score (nSPS) is 12.6. The summed E-state index contributed by atoms with van der Waals surface area (Å²) in [6, 6.07) is 5.55. The van der Waals surface area contributed by atoms with Crippen LogP contribution in [0.25, 0.3) is 16.6 Å². The molecule has 0 saturated carbocycles. The molecule has 0 saturated heterocycles. The minimum absolute atomic E-state index is 0.000862. The molecule has 0 aliphatic rings. The zero-order valence-electron chi connectivity index (χ0n) is 12.1. The molecule has 3 rings (SSSR count). The number of hydrogen-bond acceptors (Lipinski definition) is 3. The molecule has 1 heterocycles. The van der Waals surface area contributed by atoms with Crippen LogP contribution < -0.4 is 11.3 Å². The van der Waals surface area contributed by atoms with Gasteiger partial charge in [-0.1, -0.05) is 0 Å². The van der Waals surface area contributed by atoms with Crippen molar-refractivity contribution in [1.82, 2.24) is 9.55 Å². The molecule has 0 aliphatic heterocycles. The molecule has 3 aromatic rings. The van der Waals surface area contributed by atoms with Gasteiger partial charge < -0.3 is 5.73 Å². The van der Waals surface area contributed by atoms with E-state index in [0.717, 1.165) is 22.8 Å². The minimum atomic E-state index is -0.845. The van der Waals surface area contributed by atoms with Gasteiger partial charge in [0.25, 0.3) is 5.56 Å². The van der Waals surface area contributed by atoms with E-state index in [1.54, 1.807) is 6.92 Å². The molecule has 2 aromatic carbocycles. The second kappa shape index (κ2) is 5.51. The first kappa shape index (κ1) is 15.2. The van der Waals surface area contributed by atoms with E-state index in [1.807, 2.05) is 0 Å². The van der Waals surface area contributed by atoms with Gasteiger partial charge in [0, 0.05) is 6.07 Å². The van der Waals surface area contributed by atoms with Gasteiger partial charge in [0.05, 0.1) is 22.6 Å². The van der Waals surface area contributed by atoms with E-state index < -0.39 is 29.1 Å². The van der Waals surface area contributed by atoms with Crippen LogP contribution >= 0.6 is 0 Å². The Bertz CT molecular complexity index is 946. The van der Waals surface area contributed by atoms with Crippen LogP contribution in [0.1, 0.15) is 18.8 Å². The fourth-order valence-corrected chi connectivity index (χ4v) is 2.40. The van der Waals surface area contributed by atoms with Gasteiger partial charge in [0.15, 0.2) is 0 Å². The van der Waals surface area contributed by atoms with Crippen molar-refractivity contribution in [2.45, 2.75) is 13.0 Å². The third-order valence-corrected chi connectivity index (χ3v) is 3.37. The van der Waals surface area contributed by atoms with Crippen molar-refractivity contribution in [2.24, 2.45) is 5.73 Å². The lowest BCUT2D eigenvalue weighted by Gasteiger charge is -2.16. The van der Waals surface area contributed by atoms with Crippen molar-refractivity contribution < 1.29 is 13.2 Å². The molecule has 0 radical (unpaired) electrons. The number of nitrogens with two attached hydrogens (primary N) is 1. The van der Waals surface area contributed by atoms with E-state index in [4.69, 9.17) is 5.73 Å². The van der Waals surface area contributed by atoms with Crippen LogP contribution in [0.15, 0.2) is 41.2 Å². The highest BCUT2D eigenvalue weighted by molar-refractivity contribution is 5.78. The first-order chi connectivity index (χ1) is 10.9. The largest absolute Gasteiger partial charge is 0.322 e. The van der Waals surface area contributed by atoms with Crippen LogP contribution in [0, 0.1) is 17.5 Å². The summed E-state index contributed by atoms with van der Waals surface area (Å²) < 4.78 is 41.4. The van der Waals surface area contributed by atoms with Crippen molar-refractivity contribution >= 4 is 10.9 Å². The van der Waals surface area contributed by atoms with E-state index in [0.29, 0.717) is 6.07 Å². The Kier molecular flexibility index (Phi) is 3.65. The van der Waals surface area contributed by atoms with Crippen molar-refractivity contribution in [2.75, 3.05) is 0 Å². The summed E-state index contributed by atoms with van der Waals surface area (Å²) in [6.07, 6.45) is 0. The summed E-state index contributed by atoms with van der Waals surface area (Å²) in [5.41, 5.74) is 5.39. The molecule has 2 N–H and O–H groups in total. The summed E-state index contributed by atoms with van der Waals surface area (Å²) in [7, 11) is 0. The Hall–Kier alpha value is -2.67. The zero-order valence-corrected chi connectivity index (χ0v) is 12.1. The standard InChI is InChI=1S/C16H12F3N3O/c1-8(20)15-21-14-3-2-9(17)7-13(14)16(23)22(15)12-5-10(18)4-11(19)6-12/h2-8H,20H2,1H3/t8-/m0/s1. The molecule has 4 nitrogen and oxygen atoms in total. The highest BCUT2D eigenvalue weighted by Gasteiger charge is 2.17. The Morgan fingerprint density at radius 2 is 1.70 bits per heavy atom. The fourth-order valence-electron chi connectivity index (χ4n) is 2.40. The van der Waals surface area contributed by atoms with E-state index >= 15 is 0 Å². The van der Waals surface area contributed by atoms with Gasteiger partial charge >= 0.3 is 0 Å². The van der Waals surface area contributed by atoms with Crippen LogP contribution in [0.2, 0.25) is 0 Å². The van der Waals surface area contributed by atoms with Crippen molar-refractivity contribution in [3.8, 4) is 5.69 Å². The topological polar surface area (TPSA) is 60.9 Å². The average Bonchev–Trinajstić information content (AvgIpc) is 2.46.